The van der Waals surface area contributed by atoms with Crippen LogP contribution in [-0.4, -0.2) is 30.8 Å². The van der Waals surface area contributed by atoms with Crippen molar-refractivity contribution in [2.75, 3.05) is 19.8 Å². The molecule has 0 radical (unpaired) electrons. The van der Waals surface area contributed by atoms with Gasteiger partial charge in [0, 0.05) is 23.6 Å². The molecule has 1 saturated carbocycles. The first kappa shape index (κ1) is 14.6. The molecule has 0 bridgehead atoms. The van der Waals surface area contributed by atoms with Gasteiger partial charge in [-0.3, -0.25) is 4.79 Å². The highest BCUT2D eigenvalue weighted by atomic mass is 16.5. The van der Waals surface area contributed by atoms with E-state index in [4.69, 9.17) is 4.74 Å². The van der Waals surface area contributed by atoms with Crippen LogP contribution >= 0.6 is 0 Å². The Bertz CT molecular complexity index is 492. The topological polar surface area (TPSA) is 58.6 Å². The number of nitrogens with one attached hydrogen (secondary N) is 1. The van der Waals surface area contributed by atoms with Crippen LogP contribution in [0.15, 0.2) is 30.3 Å². The van der Waals surface area contributed by atoms with E-state index in [1.54, 1.807) is 6.08 Å². The summed E-state index contributed by atoms with van der Waals surface area (Å²) in [5, 5.41) is 12.0. The Kier molecular flexibility index (Phi) is 4.79. The number of hydrogen-bond acceptors (Lipinski definition) is 3. The molecule has 2 N–H and O–H groups in total. The molecule has 2 rings (SSSR count). The fourth-order valence-corrected chi connectivity index (χ4v) is 1.97. The van der Waals surface area contributed by atoms with Gasteiger partial charge < -0.3 is 15.2 Å². The number of carbonyl (C=O) groups excluding carboxylic acids is 1. The predicted molar refractivity (Wildman–Crippen MR) is 78.4 cm³/mol. The largest absolute Gasteiger partial charge is 0.493 e. The van der Waals surface area contributed by atoms with Gasteiger partial charge in [-0.05, 0) is 31.9 Å². The Morgan fingerprint density at radius 1 is 1.45 bits per heavy atom. The van der Waals surface area contributed by atoms with Crippen molar-refractivity contribution >= 4 is 12.0 Å². The summed E-state index contributed by atoms with van der Waals surface area (Å²) in [4.78, 5) is 11.8. The van der Waals surface area contributed by atoms with Crippen molar-refractivity contribution in [1.29, 1.82) is 0 Å². The van der Waals surface area contributed by atoms with Crippen LogP contribution in [0.1, 0.15) is 25.3 Å². The fourth-order valence-electron chi connectivity index (χ4n) is 1.97. The average molecular weight is 275 g/mol. The molecule has 0 aliphatic heterocycles. The standard InChI is InChI=1S/C16H21NO3/c1-2-20-14-6-4-3-5-13(14)7-8-15(19)17-11-16(12-18)9-10-16/h3-8,18H,2,9-12H2,1H3,(H,17,19)/b8-7+. The zero-order valence-electron chi connectivity index (χ0n) is 11.8. The van der Waals surface area contributed by atoms with Gasteiger partial charge in [0.1, 0.15) is 5.75 Å². The van der Waals surface area contributed by atoms with Crippen LogP contribution in [0, 0.1) is 5.41 Å². The Morgan fingerprint density at radius 3 is 2.85 bits per heavy atom. The first-order valence-electron chi connectivity index (χ1n) is 6.98. The number of hydrogen-bond donors (Lipinski definition) is 2. The van der Waals surface area contributed by atoms with Crippen LogP contribution in [-0.2, 0) is 4.79 Å². The predicted octanol–water partition coefficient (Wildman–Crippen LogP) is 1.99. The molecule has 20 heavy (non-hydrogen) atoms. The lowest BCUT2D eigenvalue weighted by atomic mass is 10.1. The van der Waals surface area contributed by atoms with Crippen molar-refractivity contribution < 1.29 is 14.6 Å². The molecule has 4 heteroatoms. The van der Waals surface area contributed by atoms with Crippen LogP contribution in [0.25, 0.3) is 6.08 Å². The van der Waals surface area contributed by atoms with Crippen LogP contribution in [0.4, 0.5) is 0 Å². The zero-order chi connectivity index (χ0) is 14.4. The van der Waals surface area contributed by atoms with E-state index in [9.17, 15) is 9.90 Å². The second-order valence-electron chi connectivity index (χ2n) is 5.18. The summed E-state index contributed by atoms with van der Waals surface area (Å²) >= 11 is 0. The molecule has 4 nitrogen and oxygen atoms in total. The molecule has 1 aromatic carbocycles. The van der Waals surface area contributed by atoms with Crippen LogP contribution in [0.2, 0.25) is 0 Å². The quantitative estimate of drug-likeness (QED) is 0.748. The minimum Gasteiger partial charge on any atom is -0.493 e. The minimum absolute atomic E-state index is 0.0628. The number of ether oxygens (including phenoxy) is 1. The van der Waals surface area contributed by atoms with Gasteiger partial charge in [0.25, 0.3) is 0 Å². The third-order valence-electron chi connectivity index (χ3n) is 3.56. The molecule has 1 aromatic rings. The van der Waals surface area contributed by atoms with Crippen molar-refractivity contribution in [1.82, 2.24) is 5.32 Å². The van der Waals surface area contributed by atoms with Crippen LogP contribution < -0.4 is 10.1 Å². The normalized spacial score (nSPS) is 16.1. The molecule has 0 unspecified atom stereocenters. The van der Waals surface area contributed by atoms with Crippen molar-refractivity contribution in [3.8, 4) is 5.75 Å². The molecule has 108 valence electrons. The highest BCUT2D eigenvalue weighted by molar-refractivity contribution is 5.92. The lowest BCUT2D eigenvalue weighted by molar-refractivity contribution is -0.116. The molecule has 1 amide bonds. The van der Waals surface area contributed by atoms with E-state index < -0.39 is 0 Å². The van der Waals surface area contributed by atoms with E-state index in [1.807, 2.05) is 31.2 Å². The van der Waals surface area contributed by atoms with E-state index in [0.717, 1.165) is 24.2 Å². The summed E-state index contributed by atoms with van der Waals surface area (Å²) < 4.78 is 5.49. The molecule has 1 fully saturated rings. The average Bonchev–Trinajstić information content (AvgIpc) is 3.25. The number of benzene rings is 1. The molecule has 1 aliphatic rings. The van der Waals surface area contributed by atoms with Gasteiger partial charge in [-0.2, -0.15) is 0 Å². The first-order valence-corrected chi connectivity index (χ1v) is 6.98. The summed E-state index contributed by atoms with van der Waals surface area (Å²) in [5.41, 5.74) is 0.819. The maximum atomic E-state index is 11.8. The van der Waals surface area contributed by atoms with E-state index >= 15 is 0 Å². The van der Waals surface area contributed by atoms with Crippen LogP contribution in [0.5, 0.6) is 5.75 Å². The molecule has 1 aliphatic carbocycles. The first-order chi connectivity index (χ1) is 9.69. The second kappa shape index (κ2) is 6.57. The van der Waals surface area contributed by atoms with E-state index in [0.29, 0.717) is 13.2 Å². The maximum Gasteiger partial charge on any atom is 0.244 e. The summed E-state index contributed by atoms with van der Waals surface area (Å²) in [6, 6.07) is 7.60. The third-order valence-corrected chi connectivity index (χ3v) is 3.56. The second-order valence-corrected chi connectivity index (χ2v) is 5.18. The van der Waals surface area contributed by atoms with E-state index in [1.165, 1.54) is 6.08 Å². The van der Waals surface area contributed by atoms with Gasteiger partial charge in [-0.15, -0.1) is 0 Å². The highest BCUT2D eigenvalue weighted by Gasteiger charge is 2.41. The molecule has 0 atom stereocenters. The van der Waals surface area contributed by atoms with Crippen molar-refractivity contribution in [3.63, 3.8) is 0 Å². The van der Waals surface area contributed by atoms with Gasteiger partial charge in [0.05, 0.1) is 13.2 Å². The minimum atomic E-state index is -0.143. The SMILES string of the molecule is CCOc1ccccc1/C=C/C(=O)NCC1(CO)CC1. The summed E-state index contributed by atoms with van der Waals surface area (Å²) in [6.07, 6.45) is 5.23. The Morgan fingerprint density at radius 2 is 2.20 bits per heavy atom. The number of rotatable bonds is 7. The number of carbonyl (C=O) groups is 1. The maximum absolute atomic E-state index is 11.8. The van der Waals surface area contributed by atoms with Crippen molar-refractivity contribution in [2.45, 2.75) is 19.8 Å². The van der Waals surface area contributed by atoms with E-state index in [2.05, 4.69) is 5.32 Å². The molecule has 0 spiro atoms. The molecular formula is C16H21NO3. The van der Waals surface area contributed by atoms with Gasteiger partial charge >= 0.3 is 0 Å². The Balaban J connectivity index is 1.90. The van der Waals surface area contributed by atoms with E-state index in [-0.39, 0.29) is 17.9 Å². The van der Waals surface area contributed by atoms with Crippen LogP contribution in [0.3, 0.4) is 0 Å². The lowest BCUT2D eigenvalue weighted by Gasteiger charge is -2.11. The highest BCUT2D eigenvalue weighted by Crippen LogP contribution is 2.44. The fraction of sp³-hybridized carbons (Fsp3) is 0.438. The van der Waals surface area contributed by atoms with Gasteiger partial charge in [-0.25, -0.2) is 0 Å². The smallest absolute Gasteiger partial charge is 0.244 e. The number of aliphatic hydroxyl groups excluding tert-OH is 1. The molecule has 0 heterocycles. The van der Waals surface area contributed by atoms with Gasteiger partial charge in [0.2, 0.25) is 5.91 Å². The summed E-state index contributed by atoms with van der Waals surface area (Å²) in [7, 11) is 0. The monoisotopic (exact) mass is 275 g/mol. The third kappa shape index (κ3) is 3.84. The Hall–Kier alpha value is -1.81. The summed E-state index contributed by atoms with van der Waals surface area (Å²) in [6.45, 7) is 3.21. The molecule has 0 aromatic heterocycles. The molecule has 0 saturated heterocycles. The lowest BCUT2D eigenvalue weighted by Crippen LogP contribution is -2.30. The number of aliphatic hydroxyl groups is 1. The summed E-state index contributed by atoms with van der Waals surface area (Å²) in [5.74, 6) is 0.629. The van der Waals surface area contributed by atoms with Gasteiger partial charge in [0.15, 0.2) is 0 Å². The van der Waals surface area contributed by atoms with Crippen molar-refractivity contribution in [2.24, 2.45) is 5.41 Å². The zero-order valence-corrected chi connectivity index (χ0v) is 11.8. The van der Waals surface area contributed by atoms with Gasteiger partial charge in [-0.1, -0.05) is 18.2 Å². The Labute approximate surface area is 119 Å². The number of para-hydroxylation sites is 1. The van der Waals surface area contributed by atoms with Crippen molar-refractivity contribution in [3.05, 3.63) is 35.9 Å². The number of amides is 1. The molecular weight excluding hydrogens is 254 g/mol.